The Morgan fingerprint density at radius 2 is 2.00 bits per heavy atom. The molecule has 8 heteroatoms. The number of carbonyl (C=O) groups is 1. The number of carbonyl (C=O) groups excluding carboxylic acids is 1. The maximum atomic E-state index is 11.6. The van der Waals surface area contributed by atoms with Gasteiger partial charge in [0.1, 0.15) is 5.82 Å². The second-order valence-corrected chi connectivity index (χ2v) is 7.65. The van der Waals surface area contributed by atoms with Gasteiger partial charge in [-0.25, -0.2) is 0 Å². The number of anilines is 1. The normalized spacial score (nSPS) is 22.5. The molecule has 0 spiro atoms. The molecule has 140 valence electrons. The first-order valence-corrected chi connectivity index (χ1v) is 9.51. The number of nitrogens with zero attached hydrogens (tertiary/aromatic N) is 6. The molecule has 8 nitrogen and oxygen atoms in total. The average Bonchev–Trinajstić information content (AvgIpc) is 3.05. The third-order valence-electron chi connectivity index (χ3n) is 5.48. The number of hydrogen-bond acceptors (Lipinski definition) is 6. The highest BCUT2D eigenvalue weighted by atomic mass is 16.1. The highest BCUT2D eigenvalue weighted by Gasteiger charge is 2.27. The lowest BCUT2D eigenvalue weighted by Crippen LogP contribution is -2.48. The average molecular weight is 357 g/mol. The molecule has 2 aliphatic rings. The smallest absolute Gasteiger partial charge is 0.220 e. The predicted octanol–water partition coefficient (Wildman–Crippen LogP) is 1.04. The lowest BCUT2D eigenvalue weighted by molar-refractivity contribution is -0.123. The van der Waals surface area contributed by atoms with Crippen LogP contribution in [0.2, 0.25) is 0 Å². The minimum absolute atomic E-state index is 0.203. The number of rotatable bonds is 4. The van der Waals surface area contributed by atoms with Crippen molar-refractivity contribution in [1.82, 2.24) is 30.0 Å². The first-order chi connectivity index (χ1) is 12.6. The second kappa shape index (κ2) is 7.19. The van der Waals surface area contributed by atoms with Crippen LogP contribution in [0.3, 0.4) is 0 Å². The number of piperidine rings is 2. The van der Waals surface area contributed by atoms with Crippen molar-refractivity contribution in [2.45, 2.75) is 44.1 Å². The molecule has 2 aliphatic heterocycles. The van der Waals surface area contributed by atoms with Crippen LogP contribution in [0.4, 0.5) is 5.82 Å². The molecular weight excluding hydrogens is 330 g/mol. The van der Waals surface area contributed by atoms with Crippen LogP contribution in [0.5, 0.6) is 0 Å². The molecule has 0 radical (unpaired) electrons. The van der Waals surface area contributed by atoms with Crippen LogP contribution in [0.1, 0.15) is 43.8 Å². The Morgan fingerprint density at radius 3 is 2.73 bits per heavy atom. The molecule has 2 aromatic rings. The molecule has 1 amide bonds. The van der Waals surface area contributed by atoms with Crippen LogP contribution in [-0.4, -0.2) is 70.4 Å². The van der Waals surface area contributed by atoms with Crippen molar-refractivity contribution in [3.8, 4) is 0 Å². The molecule has 1 unspecified atom stereocenters. The minimum Gasteiger partial charge on any atom is -0.361 e. The molecule has 2 aromatic heterocycles. The van der Waals surface area contributed by atoms with Gasteiger partial charge < -0.3 is 15.1 Å². The van der Waals surface area contributed by atoms with E-state index in [0.29, 0.717) is 18.4 Å². The van der Waals surface area contributed by atoms with Gasteiger partial charge in [0.2, 0.25) is 5.91 Å². The Bertz CT molecular complexity index is 779. The molecule has 0 bridgehead atoms. The SMILES string of the molecule is CN(C)c1ccc2nnc(C3CCN(CC4CCCC(=O)N4)CC3)n2n1. The van der Waals surface area contributed by atoms with Crippen molar-refractivity contribution in [2.24, 2.45) is 0 Å². The molecule has 2 saturated heterocycles. The van der Waals surface area contributed by atoms with E-state index in [-0.39, 0.29) is 5.91 Å². The minimum atomic E-state index is 0.203. The molecular formula is C18H27N7O. The van der Waals surface area contributed by atoms with E-state index in [9.17, 15) is 4.79 Å². The van der Waals surface area contributed by atoms with Gasteiger partial charge in [0.15, 0.2) is 11.5 Å². The van der Waals surface area contributed by atoms with Gasteiger partial charge in [-0.1, -0.05) is 0 Å². The fraction of sp³-hybridized carbons (Fsp3) is 0.667. The summed E-state index contributed by atoms with van der Waals surface area (Å²) in [6.45, 7) is 3.01. The topological polar surface area (TPSA) is 78.7 Å². The van der Waals surface area contributed by atoms with Crippen molar-refractivity contribution < 1.29 is 4.79 Å². The largest absolute Gasteiger partial charge is 0.361 e. The lowest BCUT2D eigenvalue weighted by Gasteiger charge is -2.35. The van der Waals surface area contributed by atoms with E-state index in [1.165, 1.54) is 0 Å². The number of amides is 1. The van der Waals surface area contributed by atoms with Crippen molar-refractivity contribution in [2.75, 3.05) is 38.6 Å². The lowest BCUT2D eigenvalue weighted by atomic mass is 9.95. The van der Waals surface area contributed by atoms with E-state index in [1.54, 1.807) is 0 Å². The standard InChI is InChI=1S/C18H27N7O/c1-23(2)16-7-6-15-20-21-18(25(15)22-16)13-8-10-24(11-9-13)12-14-4-3-5-17(26)19-14/h6-7,13-14H,3-5,8-12H2,1-2H3,(H,19,26). The Labute approximate surface area is 153 Å². The second-order valence-electron chi connectivity index (χ2n) is 7.65. The first kappa shape index (κ1) is 17.2. The summed E-state index contributed by atoms with van der Waals surface area (Å²) in [7, 11) is 3.97. The van der Waals surface area contributed by atoms with Gasteiger partial charge in [-0.3, -0.25) is 4.79 Å². The summed E-state index contributed by atoms with van der Waals surface area (Å²) in [5, 5.41) is 16.5. The third-order valence-corrected chi connectivity index (χ3v) is 5.48. The van der Waals surface area contributed by atoms with Gasteiger partial charge in [0, 0.05) is 39.0 Å². The Morgan fingerprint density at radius 1 is 1.19 bits per heavy atom. The van der Waals surface area contributed by atoms with Gasteiger partial charge >= 0.3 is 0 Å². The van der Waals surface area contributed by atoms with Crippen LogP contribution >= 0.6 is 0 Å². The van der Waals surface area contributed by atoms with E-state index < -0.39 is 0 Å². The fourth-order valence-electron chi connectivity index (χ4n) is 3.99. The molecule has 0 saturated carbocycles. The zero-order valence-electron chi connectivity index (χ0n) is 15.6. The highest BCUT2D eigenvalue weighted by molar-refractivity contribution is 5.76. The van der Waals surface area contributed by atoms with Crippen molar-refractivity contribution in [3.05, 3.63) is 18.0 Å². The molecule has 26 heavy (non-hydrogen) atoms. The summed E-state index contributed by atoms with van der Waals surface area (Å²) in [4.78, 5) is 16.0. The number of likely N-dealkylation sites (tertiary alicyclic amines) is 1. The highest BCUT2D eigenvalue weighted by Crippen LogP contribution is 2.27. The zero-order valence-corrected chi connectivity index (χ0v) is 15.6. The number of aromatic nitrogens is 4. The molecule has 0 aliphatic carbocycles. The summed E-state index contributed by atoms with van der Waals surface area (Å²) < 4.78 is 1.90. The third kappa shape index (κ3) is 3.51. The van der Waals surface area contributed by atoms with E-state index >= 15 is 0 Å². The van der Waals surface area contributed by atoms with Gasteiger partial charge in [-0.2, -0.15) is 4.52 Å². The van der Waals surface area contributed by atoms with Gasteiger partial charge in [0.25, 0.3) is 0 Å². The summed E-state index contributed by atoms with van der Waals surface area (Å²) in [6.07, 6.45) is 4.89. The predicted molar refractivity (Wildman–Crippen MR) is 99.3 cm³/mol. The monoisotopic (exact) mass is 357 g/mol. The van der Waals surface area contributed by atoms with Gasteiger partial charge in [-0.15, -0.1) is 15.3 Å². The van der Waals surface area contributed by atoms with E-state index in [0.717, 1.165) is 62.6 Å². The molecule has 4 heterocycles. The van der Waals surface area contributed by atoms with E-state index in [1.807, 2.05) is 35.6 Å². The fourth-order valence-corrected chi connectivity index (χ4v) is 3.99. The van der Waals surface area contributed by atoms with Crippen molar-refractivity contribution in [3.63, 3.8) is 0 Å². The number of hydrogen-bond donors (Lipinski definition) is 1. The zero-order chi connectivity index (χ0) is 18.1. The van der Waals surface area contributed by atoms with Crippen molar-refractivity contribution >= 4 is 17.4 Å². The van der Waals surface area contributed by atoms with Crippen LogP contribution < -0.4 is 10.2 Å². The summed E-state index contributed by atoms with van der Waals surface area (Å²) >= 11 is 0. The Balaban J connectivity index is 1.41. The maximum Gasteiger partial charge on any atom is 0.220 e. The number of nitrogens with one attached hydrogen (secondary N) is 1. The summed E-state index contributed by atoms with van der Waals surface area (Å²) in [5.41, 5.74) is 0.804. The van der Waals surface area contributed by atoms with Crippen LogP contribution in [-0.2, 0) is 4.79 Å². The molecule has 1 N–H and O–H groups in total. The van der Waals surface area contributed by atoms with Crippen molar-refractivity contribution in [1.29, 1.82) is 0 Å². The van der Waals surface area contributed by atoms with E-state index in [4.69, 9.17) is 0 Å². The number of fused-ring (bicyclic) bond motifs is 1. The van der Waals surface area contributed by atoms with E-state index in [2.05, 4.69) is 25.5 Å². The molecule has 1 atom stereocenters. The van der Waals surface area contributed by atoms with Crippen LogP contribution in [0, 0.1) is 0 Å². The van der Waals surface area contributed by atoms with Crippen LogP contribution in [0.25, 0.3) is 5.65 Å². The van der Waals surface area contributed by atoms with Crippen LogP contribution in [0.15, 0.2) is 12.1 Å². The Hall–Kier alpha value is -2.22. The van der Waals surface area contributed by atoms with Gasteiger partial charge in [-0.05, 0) is 50.9 Å². The maximum absolute atomic E-state index is 11.6. The molecule has 0 aromatic carbocycles. The summed E-state index contributed by atoms with van der Waals surface area (Å²) in [6, 6.07) is 4.25. The molecule has 4 rings (SSSR count). The first-order valence-electron chi connectivity index (χ1n) is 9.51. The quantitative estimate of drug-likeness (QED) is 0.881. The van der Waals surface area contributed by atoms with Gasteiger partial charge in [0.05, 0.1) is 0 Å². The summed E-state index contributed by atoms with van der Waals surface area (Å²) in [5.74, 6) is 2.46. The Kier molecular flexibility index (Phi) is 4.76. The molecule has 2 fully saturated rings.